The predicted molar refractivity (Wildman–Crippen MR) is 115 cm³/mol. The molecule has 1 aromatic heterocycles. The second kappa shape index (κ2) is 7.79. The van der Waals surface area contributed by atoms with Crippen LogP contribution in [0, 0.1) is 13.8 Å². The van der Waals surface area contributed by atoms with Crippen LogP contribution >= 0.6 is 0 Å². The molecule has 1 amide bonds. The van der Waals surface area contributed by atoms with Gasteiger partial charge >= 0.3 is 0 Å². The van der Waals surface area contributed by atoms with Crippen molar-refractivity contribution in [3.8, 4) is 11.3 Å². The first-order valence-corrected chi connectivity index (χ1v) is 9.52. The number of anilines is 1. The lowest BCUT2D eigenvalue weighted by Gasteiger charge is -2.13. The number of aromatic carboxylic acids is 1. The molecular weight excluding hydrogens is 376 g/mol. The number of amides is 1. The summed E-state index contributed by atoms with van der Waals surface area (Å²) in [4.78, 5) is 29.1. The molecule has 0 atom stereocenters. The third-order valence-electron chi connectivity index (χ3n) is 5.03. The first-order chi connectivity index (χ1) is 14.4. The van der Waals surface area contributed by atoms with Crippen LogP contribution in [0.2, 0.25) is 0 Å². The Kier molecular flexibility index (Phi) is 5.02. The maximum Gasteiger partial charge on any atom is 0.256 e. The van der Waals surface area contributed by atoms with Gasteiger partial charge in [0.05, 0.1) is 22.7 Å². The second-order valence-corrected chi connectivity index (χ2v) is 7.21. The van der Waals surface area contributed by atoms with Gasteiger partial charge in [-0.2, -0.15) is 0 Å². The van der Waals surface area contributed by atoms with Crippen LogP contribution in [0.15, 0.2) is 72.8 Å². The van der Waals surface area contributed by atoms with Gasteiger partial charge in [-0.15, -0.1) is 0 Å². The zero-order valence-electron chi connectivity index (χ0n) is 16.6. The molecule has 30 heavy (non-hydrogen) atoms. The van der Waals surface area contributed by atoms with Crippen LogP contribution in [0.1, 0.15) is 31.8 Å². The lowest BCUT2D eigenvalue weighted by atomic mass is 10.0. The largest absolute Gasteiger partial charge is 0.545 e. The number of aromatic nitrogens is 1. The first-order valence-electron chi connectivity index (χ1n) is 9.52. The Balaban J connectivity index is 1.79. The van der Waals surface area contributed by atoms with Crippen LogP contribution < -0.4 is 10.4 Å². The van der Waals surface area contributed by atoms with E-state index in [0.717, 1.165) is 22.1 Å². The van der Waals surface area contributed by atoms with Crippen molar-refractivity contribution >= 4 is 28.5 Å². The van der Waals surface area contributed by atoms with Crippen LogP contribution in [-0.2, 0) is 0 Å². The second-order valence-electron chi connectivity index (χ2n) is 7.21. The van der Waals surface area contributed by atoms with E-state index < -0.39 is 5.97 Å². The molecule has 0 fully saturated rings. The Bertz CT molecular complexity index is 1280. The fraction of sp³-hybridized carbons (Fsp3) is 0.0800. The molecule has 0 unspecified atom stereocenters. The molecule has 4 aromatic rings. The summed E-state index contributed by atoms with van der Waals surface area (Å²) in [5, 5.41) is 14.8. The average Bonchev–Trinajstić information content (AvgIpc) is 2.74. The molecule has 0 saturated carbocycles. The van der Waals surface area contributed by atoms with E-state index in [1.807, 2.05) is 55.5 Å². The summed E-state index contributed by atoms with van der Waals surface area (Å²) in [5.41, 5.74) is 5.12. The Morgan fingerprint density at radius 1 is 0.900 bits per heavy atom. The maximum atomic E-state index is 13.2. The minimum Gasteiger partial charge on any atom is -0.545 e. The summed E-state index contributed by atoms with van der Waals surface area (Å²) < 4.78 is 0. The highest BCUT2D eigenvalue weighted by Crippen LogP contribution is 2.26. The zero-order chi connectivity index (χ0) is 21.3. The number of carboxylic acid groups (broad SMARTS) is 1. The van der Waals surface area contributed by atoms with Crippen molar-refractivity contribution < 1.29 is 14.7 Å². The number of nitrogens with zero attached hydrogens (tertiary/aromatic N) is 1. The van der Waals surface area contributed by atoms with Gasteiger partial charge in [0, 0.05) is 16.6 Å². The fourth-order valence-electron chi connectivity index (χ4n) is 3.31. The van der Waals surface area contributed by atoms with E-state index in [9.17, 15) is 14.7 Å². The van der Waals surface area contributed by atoms with Gasteiger partial charge < -0.3 is 15.2 Å². The lowest BCUT2D eigenvalue weighted by molar-refractivity contribution is -0.255. The number of rotatable bonds is 4. The third kappa shape index (κ3) is 3.78. The number of hydrogen-bond acceptors (Lipinski definition) is 4. The summed E-state index contributed by atoms with van der Waals surface area (Å²) >= 11 is 0. The molecule has 5 nitrogen and oxygen atoms in total. The molecule has 0 saturated heterocycles. The molecule has 4 rings (SSSR count). The van der Waals surface area contributed by atoms with Crippen LogP contribution in [-0.4, -0.2) is 16.9 Å². The van der Waals surface area contributed by atoms with Gasteiger partial charge in [0.2, 0.25) is 0 Å². The number of para-hydroxylation sites is 1. The predicted octanol–water partition coefficient (Wildman–Crippen LogP) is 4.13. The number of benzene rings is 3. The Labute approximate surface area is 174 Å². The minimum atomic E-state index is -1.29. The van der Waals surface area contributed by atoms with Gasteiger partial charge in [0.15, 0.2) is 0 Å². The van der Waals surface area contributed by atoms with E-state index in [4.69, 9.17) is 4.98 Å². The fourth-order valence-corrected chi connectivity index (χ4v) is 3.31. The smallest absolute Gasteiger partial charge is 0.256 e. The summed E-state index contributed by atoms with van der Waals surface area (Å²) in [7, 11) is 0. The van der Waals surface area contributed by atoms with Crippen LogP contribution in [0.4, 0.5) is 5.69 Å². The summed E-state index contributed by atoms with van der Waals surface area (Å²) in [5.74, 6) is -1.62. The molecule has 5 heteroatoms. The molecule has 1 heterocycles. The lowest BCUT2D eigenvalue weighted by Crippen LogP contribution is -2.22. The molecule has 0 spiro atoms. The van der Waals surface area contributed by atoms with Crippen LogP contribution in [0.25, 0.3) is 22.2 Å². The van der Waals surface area contributed by atoms with E-state index >= 15 is 0 Å². The normalized spacial score (nSPS) is 10.7. The molecule has 0 aliphatic heterocycles. The van der Waals surface area contributed by atoms with Gasteiger partial charge in [0.25, 0.3) is 5.91 Å². The quantitative estimate of drug-likeness (QED) is 0.563. The first kappa shape index (κ1) is 19.3. The van der Waals surface area contributed by atoms with Gasteiger partial charge in [-0.05, 0) is 43.2 Å². The molecule has 0 aliphatic rings. The number of pyridine rings is 1. The minimum absolute atomic E-state index is 0.0100. The van der Waals surface area contributed by atoms with E-state index in [1.54, 1.807) is 19.1 Å². The zero-order valence-corrected chi connectivity index (χ0v) is 16.6. The standard InChI is InChI=1S/C25H20N2O3/c1-15-7-10-17(11-8-15)23-14-20(19-5-3-4-6-21(19)26-23)24(28)27-22-13-18(25(29)30)12-9-16(22)2/h3-14H,1-2H3,(H,27,28)(H,29,30)/p-1. The van der Waals surface area contributed by atoms with Crippen LogP contribution in [0.3, 0.4) is 0 Å². The van der Waals surface area contributed by atoms with Gasteiger partial charge in [-0.25, -0.2) is 4.98 Å². The third-order valence-corrected chi connectivity index (χ3v) is 5.03. The number of carbonyl (C=O) groups excluding carboxylic acids is 2. The number of carboxylic acids is 1. The maximum absolute atomic E-state index is 13.2. The molecule has 3 aromatic carbocycles. The highest BCUT2D eigenvalue weighted by atomic mass is 16.4. The summed E-state index contributed by atoms with van der Waals surface area (Å²) in [6, 6.07) is 21.7. The van der Waals surface area contributed by atoms with E-state index in [-0.39, 0.29) is 11.5 Å². The monoisotopic (exact) mass is 395 g/mol. The van der Waals surface area contributed by atoms with Crippen molar-refractivity contribution in [2.24, 2.45) is 0 Å². The van der Waals surface area contributed by atoms with Crippen molar-refractivity contribution in [1.82, 2.24) is 4.98 Å². The van der Waals surface area contributed by atoms with E-state index in [1.165, 1.54) is 12.1 Å². The molecule has 0 bridgehead atoms. The number of aryl methyl sites for hydroxylation is 2. The van der Waals surface area contributed by atoms with E-state index in [2.05, 4.69) is 5.32 Å². The highest BCUT2D eigenvalue weighted by molar-refractivity contribution is 6.13. The number of nitrogens with one attached hydrogen (secondary N) is 1. The molecule has 0 radical (unpaired) electrons. The molecule has 148 valence electrons. The van der Waals surface area contributed by atoms with Crippen molar-refractivity contribution in [3.63, 3.8) is 0 Å². The topological polar surface area (TPSA) is 82.1 Å². The summed E-state index contributed by atoms with van der Waals surface area (Å²) in [6.07, 6.45) is 0. The Hall–Kier alpha value is -3.99. The number of hydrogen-bond donors (Lipinski definition) is 1. The van der Waals surface area contributed by atoms with Crippen molar-refractivity contribution in [1.29, 1.82) is 0 Å². The Morgan fingerprint density at radius 2 is 1.63 bits per heavy atom. The average molecular weight is 395 g/mol. The molecule has 0 aliphatic carbocycles. The van der Waals surface area contributed by atoms with Gasteiger partial charge in [0.1, 0.15) is 0 Å². The highest BCUT2D eigenvalue weighted by Gasteiger charge is 2.15. The number of fused-ring (bicyclic) bond motifs is 1. The van der Waals surface area contributed by atoms with Crippen molar-refractivity contribution in [2.75, 3.05) is 5.32 Å². The molecule has 1 N–H and O–H groups in total. The van der Waals surface area contributed by atoms with Crippen molar-refractivity contribution in [3.05, 3.63) is 95.1 Å². The molecular formula is C25H19N2O3-. The Morgan fingerprint density at radius 3 is 2.37 bits per heavy atom. The van der Waals surface area contributed by atoms with Crippen LogP contribution in [0.5, 0.6) is 0 Å². The van der Waals surface area contributed by atoms with E-state index in [0.29, 0.717) is 22.5 Å². The van der Waals surface area contributed by atoms with Gasteiger partial charge in [-0.3, -0.25) is 4.79 Å². The van der Waals surface area contributed by atoms with Gasteiger partial charge in [-0.1, -0.05) is 60.2 Å². The van der Waals surface area contributed by atoms with Crippen molar-refractivity contribution in [2.45, 2.75) is 13.8 Å². The SMILES string of the molecule is Cc1ccc(-c2cc(C(=O)Nc3cc(C(=O)[O-])ccc3C)c3ccccc3n2)cc1. The summed E-state index contributed by atoms with van der Waals surface area (Å²) in [6.45, 7) is 3.82. The number of carbonyl (C=O) groups is 2.